The van der Waals surface area contributed by atoms with E-state index < -0.39 is 23.1 Å². The van der Waals surface area contributed by atoms with E-state index in [2.05, 4.69) is 15.5 Å². The Morgan fingerprint density at radius 2 is 1.86 bits per heavy atom. The Morgan fingerprint density at radius 3 is 2.54 bits per heavy atom. The van der Waals surface area contributed by atoms with Crippen LogP contribution in [-0.4, -0.2) is 16.0 Å². The predicted octanol–water partition coefficient (Wildman–Crippen LogP) is 4.94. The molecule has 1 aliphatic heterocycles. The fraction of sp³-hybridized carbons (Fsp3) is 0.400. The number of hydrogen-bond acceptors (Lipinski definition) is 3. The molecule has 8 heteroatoms. The van der Waals surface area contributed by atoms with Crippen LogP contribution in [0.15, 0.2) is 35.5 Å². The summed E-state index contributed by atoms with van der Waals surface area (Å²) in [6, 6.07) is 4.72. The van der Waals surface area contributed by atoms with E-state index in [1.165, 1.54) is 12.1 Å². The average Bonchev–Trinajstić information content (AvgIpc) is 2.94. The van der Waals surface area contributed by atoms with Gasteiger partial charge in [-0.15, -0.1) is 0 Å². The molecule has 4 nitrogen and oxygen atoms in total. The molecular formula is C20H19F4N3O. The molecule has 0 fully saturated rings. The Hall–Kier alpha value is -2.64. The molecule has 0 bridgehead atoms. The van der Waals surface area contributed by atoms with Gasteiger partial charge in [0, 0.05) is 17.7 Å². The van der Waals surface area contributed by atoms with Crippen molar-refractivity contribution in [1.29, 1.82) is 0 Å². The number of allylic oxidation sites excluding steroid dienone is 2. The number of ketones is 1. The van der Waals surface area contributed by atoms with Crippen LogP contribution >= 0.6 is 0 Å². The fourth-order valence-electron chi connectivity index (χ4n) is 4.44. The summed E-state index contributed by atoms with van der Waals surface area (Å²) in [6.45, 7) is 5.48. The van der Waals surface area contributed by atoms with E-state index in [0.29, 0.717) is 17.7 Å². The van der Waals surface area contributed by atoms with Crippen molar-refractivity contribution in [2.75, 3.05) is 5.32 Å². The lowest BCUT2D eigenvalue weighted by molar-refractivity contribution is -0.137. The van der Waals surface area contributed by atoms with Crippen LogP contribution in [0.3, 0.4) is 0 Å². The number of fused-ring (bicyclic) bond motifs is 1. The Bertz CT molecular complexity index is 1020. The van der Waals surface area contributed by atoms with Crippen LogP contribution in [0, 0.1) is 11.4 Å². The zero-order chi connectivity index (χ0) is 20.5. The van der Waals surface area contributed by atoms with Gasteiger partial charge in [-0.1, -0.05) is 32.0 Å². The molecule has 0 radical (unpaired) electrons. The number of hydrogen-bond donors (Lipinski definition) is 2. The number of carbonyl (C=O) groups excluding carboxylic acids is 1. The summed E-state index contributed by atoms with van der Waals surface area (Å²) in [5, 5.41) is 9.22. The standard InChI is InChI=1S/C20H19F4N3O/c1-18(2)8-12-14(13(28)9-18)19(3,15-16(21)26-27-17(15)25-12)10-5-4-6-11(7-10)20(22,23)24/h4-7H,8-9H2,1-3H3,(H2,25,26,27). The van der Waals surface area contributed by atoms with E-state index in [4.69, 9.17) is 0 Å². The molecule has 2 N–H and O–H groups in total. The lowest BCUT2D eigenvalue weighted by Gasteiger charge is -2.43. The van der Waals surface area contributed by atoms with Crippen molar-refractivity contribution in [2.24, 2.45) is 5.41 Å². The first-order chi connectivity index (χ1) is 12.9. The predicted molar refractivity (Wildman–Crippen MR) is 95.1 cm³/mol. The molecule has 28 heavy (non-hydrogen) atoms. The number of nitrogens with zero attached hydrogens (tertiary/aromatic N) is 1. The van der Waals surface area contributed by atoms with Crippen LogP contribution in [0.4, 0.5) is 23.4 Å². The molecule has 1 unspecified atom stereocenters. The average molecular weight is 393 g/mol. The molecule has 4 rings (SSSR count). The van der Waals surface area contributed by atoms with Crippen LogP contribution in [-0.2, 0) is 16.4 Å². The second-order valence-corrected chi connectivity index (χ2v) is 8.38. The summed E-state index contributed by atoms with van der Waals surface area (Å²) in [5.74, 6) is -0.779. The van der Waals surface area contributed by atoms with Crippen molar-refractivity contribution in [2.45, 2.75) is 45.2 Å². The Labute approximate surface area is 159 Å². The zero-order valence-electron chi connectivity index (χ0n) is 15.6. The number of rotatable bonds is 1. The maximum atomic E-state index is 14.7. The van der Waals surface area contributed by atoms with E-state index in [1.54, 1.807) is 6.92 Å². The molecule has 1 aromatic heterocycles. The number of aromatic amines is 1. The van der Waals surface area contributed by atoms with Gasteiger partial charge in [-0.3, -0.25) is 9.89 Å². The first kappa shape index (κ1) is 18.7. The molecule has 0 saturated heterocycles. The normalized spacial score (nSPS) is 23.9. The molecule has 2 heterocycles. The van der Waals surface area contributed by atoms with Gasteiger partial charge in [0.1, 0.15) is 0 Å². The minimum Gasteiger partial charge on any atom is -0.342 e. The van der Waals surface area contributed by atoms with E-state index in [9.17, 15) is 22.4 Å². The highest BCUT2D eigenvalue weighted by Gasteiger charge is 2.50. The van der Waals surface area contributed by atoms with E-state index in [-0.39, 0.29) is 34.6 Å². The van der Waals surface area contributed by atoms with Gasteiger partial charge in [0.05, 0.1) is 16.5 Å². The highest BCUT2D eigenvalue weighted by molar-refractivity contribution is 6.02. The number of alkyl halides is 3. The number of anilines is 1. The second-order valence-electron chi connectivity index (χ2n) is 8.38. The van der Waals surface area contributed by atoms with Gasteiger partial charge in [0.25, 0.3) is 0 Å². The Balaban J connectivity index is 2.01. The zero-order valence-corrected chi connectivity index (χ0v) is 15.6. The summed E-state index contributed by atoms with van der Waals surface area (Å²) in [5.41, 5.74) is -1.41. The quantitative estimate of drug-likeness (QED) is 0.675. The maximum absolute atomic E-state index is 14.7. The summed E-state index contributed by atoms with van der Waals surface area (Å²) < 4.78 is 54.6. The number of halogens is 4. The summed E-state index contributed by atoms with van der Waals surface area (Å²) in [4.78, 5) is 13.1. The van der Waals surface area contributed by atoms with Crippen molar-refractivity contribution < 1.29 is 22.4 Å². The van der Waals surface area contributed by atoms with Crippen molar-refractivity contribution in [3.05, 3.63) is 58.2 Å². The number of nitrogens with one attached hydrogen (secondary N) is 2. The van der Waals surface area contributed by atoms with Gasteiger partial charge in [-0.2, -0.15) is 22.7 Å². The topological polar surface area (TPSA) is 57.8 Å². The third kappa shape index (κ3) is 2.65. The monoisotopic (exact) mass is 393 g/mol. The summed E-state index contributed by atoms with van der Waals surface area (Å²) in [6.07, 6.45) is -3.81. The smallest absolute Gasteiger partial charge is 0.342 e. The number of benzene rings is 1. The molecule has 1 aliphatic carbocycles. The van der Waals surface area contributed by atoms with Crippen molar-refractivity contribution >= 4 is 11.6 Å². The van der Waals surface area contributed by atoms with Crippen molar-refractivity contribution in [3.8, 4) is 0 Å². The lowest BCUT2D eigenvalue weighted by atomic mass is 9.62. The number of carbonyl (C=O) groups is 1. The van der Waals surface area contributed by atoms with Gasteiger partial charge >= 0.3 is 6.18 Å². The number of aromatic nitrogens is 2. The SMILES string of the molecule is CC1(C)CC(=O)C2=C(C1)Nc1n[nH]c(F)c1C2(C)c1cccc(C(F)(F)F)c1. The highest BCUT2D eigenvalue weighted by atomic mass is 19.4. The number of Topliss-reactive ketones (excluding diaryl/α,β-unsaturated/α-hetero) is 1. The van der Waals surface area contributed by atoms with Crippen LogP contribution in [0.1, 0.15) is 50.3 Å². The van der Waals surface area contributed by atoms with Gasteiger partial charge in [-0.25, -0.2) is 0 Å². The Morgan fingerprint density at radius 1 is 1.14 bits per heavy atom. The molecule has 1 atom stereocenters. The molecule has 148 valence electrons. The van der Waals surface area contributed by atoms with Crippen LogP contribution < -0.4 is 5.32 Å². The van der Waals surface area contributed by atoms with Gasteiger partial charge in [0.15, 0.2) is 11.6 Å². The molecular weight excluding hydrogens is 374 g/mol. The third-order valence-corrected chi connectivity index (χ3v) is 5.63. The molecule has 2 aromatic rings. The van der Waals surface area contributed by atoms with E-state index in [1.807, 2.05) is 13.8 Å². The molecule has 1 aromatic carbocycles. The highest BCUT2D eigenvalue weighted by Crippen LogP contribution is 2.53. The van der Waals surface area contributed by atoms with Crippen LogP contribution in [0.5, 0.6) is 0 Å². The molecule has 2 aliphatic rings. The lowest BCUT2D eigenvalue weighted by Crippen LogP contribution is -2.42. The maximum Gasteiger partial charge on any atom is 0.416 e. The minimum atomic E-state index is -4.55. The van der Waals surface area contributed by atoms with Crippen molar-refractivity contribution in [3.63, 3.8) is 0 Å². The first-order valence-corrected chi connectivity index (χ1v) is 8.89. The fourth-order valence-corrected chi connectivity index (χ4v) is 4.44. The third-order valence-electron chi connectivity index (χ3n) is 5.63. The molecule has 0 saturated carbocycles. The molecule has 0 spiro atoms. The van der Waals surface area contributed by atoms with Gasteiger partial charge in [0.2, 0.25) is 5.95 Å². The minimum absolute atomic E-state index is 0.0543. The van der Waals surface area contributed by atoms with Crippen LogP contribution in [0.25, 0.3) is 0 Å². The largest absolute Gasteiger partial charge is 0.416 e. The van der Waals surface area contributed by atoms with Gasteiger partial charge < -0.3 is 5.32 Å². The van der Waals surface area contributed by atoms with Gasteiger partial charge in [-0.05, 0) is 30.4 Å². The van der Waals surface area contributed by atoms with E-state index in [0.717, 1.165) is 12.1 Å². The number of H-pyrrole nitrogens is 1. The van der Waals surface area contributed by atoms with E-state index >= 15 is 0 Å². The summed E-state index contributed by atoms with van der Waals surface area (Å²) >= 11 is 0. The first-order valence-electron chi connectivity index (χ1n) is 8.89. The second kappa shape index (κ2) is 5.68. The Kier molecular flexibility index (Phi) is 3.80. The van der Waals surface area contributed by atoms with Crippen molar-refractivity contribution in [1.82, 2.24) is 10.2 Å². The van der Waals surface area contributed by atoms with Crippen LogP contribution in [0.2, 0.25) is 0 Å². The summed E-state index contributed by atoms with van der Waals surface area (Å²) in [7, 11) is 0. The molecule has 0 amide bonds.